The Morgan fingerprint density at radius 3 is 2.83 bits per heavy atom. The Labute approximate surface area is 204 Å². The average Bonchev–Trinajstić information content (AvgIpc) is 3.21. The first-order valence-corrected chi connectivity index (χ1v) is 11.7. The van der Waals surface area contributed by atoms with Crippen molar-refractivity contribution in [3.05, 3.63) is 82.9 Å². The van der Waals surface area contributed by atoms with Crippen molar-refractivity contribution >= 4 is 11.9 Å². The molecule has 7 heteroatoms. The summed E-state index contributed by atoms with van der Waals surface area (Å²) in [7, 11) is 3.16. The van der Waals surface area contributed by atoms with Crippen molar-refractivity contribution in [1.29, 1.82) is 0 Å². The molecule has 0 saturated carbocycles. The van der Waals surface area contributed by atoms with Crippen molar-refractivity contribution in [2.24, 2.45) is 0 Å². The van der Waals surface area contributed by atoms with Gasteiger partial charge in [-0.1, -0.05) is 12.5 Å². The summed E-state index contributed by atoms with van der Waals surface area (Å²) >= 11 is 0. The van der Waals surface area contributed by atoms with Gasteiger partial charge in [0, 0.05) is 30.5 Å². The molecule has 0 unspecified atom stereocenters. The van der Waals surface area contributed by atoms with Crippen LogP contribution in [-0.2, 0) is 6.54 Å². The van der Waals surface area contributed by atoms with Crippen LogP contribution in [0, 0.1) is 0 Å². The molecule has 1 fully saturated rings. The smallest absolute Gasteiger partial charge is 0.231 e. The van der Waals surface area contributed by atoms with E-state index in [4.69, 9.17) is 14.2 Å². The van der Waals surface area contributed by atoms with E-state index in [-0.39, 0.29) is 23.3 Å². The number of aromatic nitrogens is 1. The molecule has 2 aliphatic heterocycles. The third-order valence-corrected chi connectivity index (χ3v) is 6.68. The van der Waals surface area contributed by atoms with E-state index < -0.39 is 0 Å². The molecule has 1 aromatic heterocycles. The minimum absolute atomic E-state index is 0.118. The lowest BCUT2D eigenvalue weighted by Gasteiger charge is -2.36. The zero-order chi connectivity index (χ0) is 24.4. The summed E-state index contributed by atoms with van der Waals surface area (Å²) < 4.78 is 16.9. The molecule has 0 aliphatic carbocycles. The average molecular weight is 473 g/mol. The standard InChI is InChI=1S/C28H28N2O5/c1-33-20-8-11-25(34-2)19(14-20)15-26-27(32)21-9-10-24(31)22(28(21)35-26)17-30-13-4-3-7-23(30)18-6-5-12-29-16-18/h5-6,8-12,14-16,23,31H,3-4,7,13,17H2,1-2H3/b26-15-/t23-/m0/s1. The van der Waals surface area contributed by atoms with Crippen LogP contribution in [0.15, 0.2) is 60.6 Å². The van der Waals surface area contributed by atoms with Gasteiger partial charge in [-0.2, -0.15) is 0 Å². The number of ether oxygens (including phenoxy) is 3. The van der Waals surface area contributed by atoms with E-state index in [2.05, 4.69) is 16.0 Å². The predicted octanol–water partition coefficient (Wildman–Crippen LogP) is 5.15. The molecule has 7 nitrogen and oxygen atoms in total. The fourth-order valence-electron chi connectivity index (χ4n) is 4.88. The van der Waals surface area contributed by atoms with Gasteiger partial charge in [0.2, 0.25) is 5.78 Å². The van der Waals surface area contributed by atoms with Gasteiger partial charge in [0.1, 0.15) is 23.0 Å². The van der Waals surface area contributed by atoms with Crippen LogP contribution >= 0.6 is 0 Å². The lowest BCUT2D eigenvalue weighted by Crippen LogP contribution is -2.33. The van der Waals surface area contributed by atoms with Crippen LogP contribution in [0.25, 0.3) is 6.08 Å². The number of carbonyl (C=O) groups excluding carboxylic acids is 1. The van der Waals surface area contributed by atoms with Crippen LogP contribution in [0.5, 0.6) is 23.0 Å². The molecule has 0 amide bonds. The molecule has 1 atom stereocenters. The first-order chi connectivity index (χ1) is 17.1. The number of ketones is 1. The summed E-state index contributed by atoms with van der Waals surface area (Å²) in [6, 6.07) is 12.8. The Balaban J connectivity index is 1.48. The van der Waals surface area contributed by atoms with E-state index in [1.807, 2.05) is 12.3 Å². The number of hydrogen-bond acceptors (Lipinski definition) is 7. The summed E-state index contributed by atoms with van der Waals surface area (Å²) in [6.07, 6.45) is 8.57. The highest BCUT2D eigenvalue weighted by Gasteiger charge is 2.33. The number of phenols is 1. The molecular weight excluding hydrogens is 444 g/mol. The number of methoxy groups -OCH3 is 2. The van der Waals surface area contributed by atoms with Crippen LogP contribution < -0.4 is 14.2 Å². The Kier molecular flexibility index (Phi) is 6.42. The summed E-state index contributed by atoms with van der Waals surface area (Å²) in [5, 5.41) is 10.8. The molecule has 2 aliphatic rings. The molecule has 1 saturated heterocycles. The number of piperidine rings is 1. The number of rotatable bonds is 6. The zero-order valence-electron chi connectivity index (χ0n) is 19.9. The lowest BCUT2D eigenvalue weighted by molar-refractivity contribution is 0.101. The molecule has 0 radical (unpaired) electrons. The fourth-order valence-corrected chi connectivity index (χ4v) is 4.88. The molecule has 35 heavy (non-hydrogen) atoms. The third kappa shape index (κ3) is 4.47. The van der Waals surface area contributed by atoms with Crippen LogP contribution in [0.1, 0.15) is 52.4 Å². The fraction of sp³-hybridized carbons (Fsp3) is 0.286. The van der Waals surface area contributed by atoms with Crippen LogP contribution in [0.4, 0.5) is 0 Å². The summed E-state index contributed by atoms with van der Waals surface area (Å²) in [5.41, 5.74) is 2.89. The van der Waals surface area contributed by atoms with Gasteiger partial charge in [0.25, 0.3) is 0 Å². The Morgan fingerprint density at radius 2 is 2.06 bits per heavy atom. The lowest BCUT2D eigenvalue weighted by atomic mass is 9.95. The van der Waals surface area contributed by atoms with E-state index in [1.165, 1.54) is 0 Å². The van der Waals surface area contributed by atoms with Crippen LogP contribution in [0.3, 0.4) is 0 Å². The number of pyridine rings is 1. The van der Waals surface area contributed by atoms with Crippen molar-refractivity contribution in [3.8, 4) is 23.0 Å². The van der Waals surface area contributed by atoms with Crippen molar-refractivity contribution in [2.45, 2.75) is 31.8 Å². The molecule has 3 heterocycles. The largest absolute Gasteiger partial charge is 0.507 e. The second kappa shape index (κ2) is 9.80. The van der Waals surface area contributed by atoms with Crippen LogP contribution in [0.2, 0.25) is 0 Å². The Bertz CT molecular complexity index is 1270. The summed E-state index contributed by atoms with van der Waals surface area (Å²) in [6.45, 7) is 1.36. The zero-order valence-corrected chi connectivity index (χ0v) is 19.9. The first kappa shape index (κ1) is 22.9. The van der Waals surface area contributed by atoms with E-state index in [0.717, 1.165) is 31.4 Å². The minimum atomic E-state index is -0.228. The molecule has 0 bridgehead atoms. The molecule has 5 rings (SSSR count). The van der Waals surface area contributed by atoms with Gasteiger partial charge >= 0.3 is 0 Å². The van der Waals surface area contributed by atoms with Crippen molar-refractivity contribution in [2.75, 3.05) is 20.8 Å². The number of phenolic OH excluding ortho intramolecular Hbond substituents is 1. The molecule has 0 spiro atoms. The highest BCUT2D eigenvalue weighted by atomic mass is 16.5. The summed E-state index contributed by atoms with van der Waals surface area (Å²) in [5.74, 6) is 1.73. The maximum atomic E-state index is 13.2. The van der Waals surface area contributed by atoms with Gasteiger partial charge in [-0.25, -0.2) is 0 Å². The predicted molar refractivity (Wildman–Crippen MR) is 132 cm³/mol. The first-order valence-electron chi connectivity index (χ1n) is 11.7. The van der Waals surface area contributed by atoms with Gasteiger partial charge in [-0.3, -0.25) is 14.7 Å². The Hall–Kier alpha value is -3.84. The number of fused-ring (bicyclic) bond motifs is 1. The quantitative estimate of drug-likeness (QED) is 0.497. The highest BCUT2D eigenvalue weighted by Crippen LogP contribution is 2.42. The second-order valence-corrected chi connectivity index (χ2v) is 8.76. The second-order valence-electron chi connectivity index (χ2n) is 8.76. The van der Waals surface area contributed by atoms with Crippen molar-refractivity contribution in [3.63, 3.8) is 0 Å². The number of allylic oxidation sites excluding steroid dienone is 1. The number of nitrogens with zero attached hydrogens (tertiary/aromatic N) is 2. The Morgan fingerprint density at radius 1 is 1.17 bits per heavy atom. The number of Topliss-reactive ketones (excluding diaryl/α,β-unsaturated/α-hetero) is 1. The van der Waals surface area contributed by atoms with Crippen molar-refractivity contribution < 1.29 is 24.1 Å². The molecular formula is C28H28N2O5. The molecule has 3 aromatic rings. The van der Waals surface area contributed by atoms with E-state index in [9.17, 15) is 9.90 Å². The third-order valence-electron chi connectivity index (χ3n) is 6.68. The normalized spacial score (nSPS) is 18.9. The van der Waals surface area contributed by atoms with Crippen LogP contribution in [-0.4, -0.2) is 41.5 Å². The number of hydrogen-bond donors (Lipinski definition) is 1. The SMILES string of the molecule is COc1ccc(OC)c(/C=C2\Oc3c(ccc(O)c3CN3CCCC[C@H]3c3cccnc3)C2=O)c1. The monoisotopic (exact) mass is 472 g/mol. The number of likely N-dealkylation sites (tertiary alicyclic amines) is 1. The maximum absolute atomic E-state index is 13.2. The minimum Gasteiger partial charge on any atom is -0.507 e. The van der Waals surface area contributed by atoms with Gasteiger partial charge in [-0.05, 0) is 67.4 Å². The maximum Gasteiger partial charge on any atom is 0.231 e. The molecule has 180 valence electrons. The van der Waals surface area contributed by atoms with E-state index in [1.54, 1.807) is 56.8 Å². The van der Waals surface area contributed by atoms with Gasteiger partial charge in [0.05, 0.1) is 25.3 Å². The topological polar surface area (TPSA) is 81.1 Å². The number of aromatic hydroxyl groups is 1. The van der Waals surface area contributed by atoms with E-state index >= 15 is 0 Å². The molecule has 1 N–H and O–H groups in total. The van der Waals surface area contributed by atoms with Gasteiger partial charge in [0.15, 0.2) is 5.76 Å². The van der Waals surface area contributed by atoms with E-state index in [0.29, 0.717) is 40.5 Å². The highest BCUT2D eigenvalue weighted by molar-refractivity contribution is 6.15. The number of benzene rings is 2. The summed E-state index contributed by atoms with van der Waals surface area (Å²) in [4.78, 5) is 19.8. The molecule has 2 aromatic carbocycles. The number of carbonyl (C=O) groups is 1. The van der Waals surface area contributed by atoms with Gasteiger partial charge in [-0.15, -0.1) is 0 Å². The van der Waals surface area contributed by atoms with Gasteiger partial charge < -0.3 is 19.3 Å². The van der Waals surface area contributed by atoms with Crippen molar-refractivity contribution in [1.82, 2.24) is 9.88 Å².